The monoisotopic (exact) mass is 278 g/mol. The van der Waals surface area contributed by atoms with E-state index in [4.69, 9.17) is 4.74 Å². The first-order valence-electron chi connectivity index (χ1n) is 6.45. The molecule has 0 spiro atoms. The minimum absolute atomic E-state index is 0.176. The lowest BCUT2D eigenvalue weighted by Crippen LogP contribution is -2.49. The van der Waals surface area contributed by atoms with Crippen molar-refractivity contribution in [3.63, 3.8) is 0 Å². The zero-order valence-corrected chi connectivity index (χ0v) is 12.0. The standard InChI is InChI=1S/C14H18N2O2S/c1-10-3-5-14(9-15,6-4-10)16-13(17)12-7-11(18-2)8-19-12/h7-8,10H,3-6H2,1-2H3,(H,16,17). The molecule has 1 aliphatic rings. The molecule has 102 valence electrons. The lowest BCUT2D eigenvalue weighted by atomic mass is 9.78. The first kappa shape index (κ1) is 13.9. The van der Waals surface area contributed by atoms with E-state index in [2.05, 4.69) is 18.3 Å². The van der Waals surface area contributed by atoms with Gasteiger partial charge in [0.05, 0.1) is 18.1 Å². The van der Waals surface area contributed by atoms with Crippen LogP contribution in [0.5, 0.6) is 5.75 Å². The summed E-state index contributed by atoms with van der Waals surface area (Å²) in [6.45, 7) is 2.19. The molecule has 1 fully saturated rings. The summed E-state index contributed by atoms with van der Waals surface area (Å²) in [5.41, 5.74) is -0.694. The Morgan fingerprint density at radius 1 is 1.58 bits per heavy atom. The third kappa shape index (κ3) is 3.07. The smallest absolute Gasteiger partial charge is 0.262 e. The molecule has 0 aliphatic heterocycles. The normalized spacial score (nSPS) is 26.5. The van der Waals surface area contributed by atoms with Crippen LogP contribution in [-0.4, -0.2) is 18.6 Å². The number of hydrogen-bond donors (Lipinski definition) is 1. The predicted molar refractivity (Wildman–Crippen MR) is 74.3 cm³/mol. The van der Waals surface area contributed by atoms with Crippen LogP contribution in [0.15, 0.2) is 11.4 Å². The maximum atomic E-state index is 12.2. The molecule has 1 saturated carbocycles. The molecule has 1 aromatic rings. The first-order chi connectivity index (χ1) is 9.08. The van der Waals surface area contributed by atoms with Crippen LogP contribution >= 0.6 is 11.3 Å². The van der Waals surface area contributed by atoms with Crippen LogP contribution in [0.2, 0.25) is 0 Å². The number of carbonyl (C=O) groups excluding carboxylic acids is 1. The van der Waals surface area contributed by atoms with Gasteiger partial charge in [-0.05, 0) is 31.6 Å². The van der Waals surface area contributed by atoms with Gasteiger partial charge in [0, 0.05) is 11.4 Å². The number of nitrogens with one attached hydrogen (secondary N) is 1. The number of nitrogens with zero attached hydrogens (tertiary/aromatic N) is 1. The molecular formula is C14H18N2O2S. The molecule has 0 aromatic carbocycles. The Morgan fingerprint density at radius 2 is 2.26 bits per heavy atom. The van der Waals surface area contributed by atoms with Crippen molar-refractivity contribution in [3.05, 3.63) is 16.3 Å². The molecule has 1 heterocycles. The Hall–Kier alpha value is -1.54. The summed E-state index contributed by atoms with van der Waals surface area (Å²) < 4.78 is 5.07. The molecule has 0 atom stereocenters. The number of nitriles is 1. The summed E-state index contributed by atoms with van der Waals surface area (Å²) in [6.07, 6.45) is 3.45. The summed E-state index contributed by atoms with van der Waals surface area (Å²) in [7, 11) is 1.57. The fourth-order valence-electron chi connectivity index (χ4n) is 2.34. The average molecular weight is 278 g/mol. The van der Waals surface area contributed by atoms with E-state index in [-0.39, 0.29) is 5.91 Å². The lowest BCUT2D eigenvalue weighted by Gasteiger charge is -2.34. The molecule has 0 saturated heterocycles. The highest BCUT2D eigenvalue weighted by Gasteiger charge is 2.36. The van der Waals surface area contributed by atoms with Gasteiger partial charge in [0.15, 0.2) is 0 Å². The minimum Gasteiger partial charge on any atom is -0.496 e. The Bertz CT molecular complexity index is 496. The van der Waals surface area contributed by atoms with Gasteiger partial charge < -0.3 is 10.1 Å². The van der Waals surface area contributed by atoms with Gasteiger partial charge in [0.25, 0.3) is 5.91 Å². The van der Waals surface area contributed by atoms with Crippen LogP contribution in [0.4, 0.5) is 0 Å². The van der Waals surface area contributed by atoms with Crippen LogP contribution < -0.4 is 10.1 Å². The van der Waals surface area contributed by atoms with Gasteiger partial charge in [-0.3, -0.25) is 4.79 Å². The highest BCUT2D eigenvalue weighted by Crippen LogP contribution is 2.32. The van der Waals surface area contributed by atoms with Crippen molar-refractivity contribution >= 4 is 17.2 Å². The number of amides is 1. The van der Waals surface area contributed by atoms with E-state index in [1.807, 2.05) is 0 Å². The second-order valence-electron chi connectivity index (χ2n) is 5.18. The molecule has 0 bridgehead atoms. The van der Waals surface area contributed by atoms with Crippen molar-refractivity contribution in [2.75, 3.05) is 7.11 Å². The summed E-state index contributed by atoms with van der Waals surface area (Å²) in [5, 5.41) is 14.1. The van der Waals surface area contributed by atoms with Gasteiger partial charge in [-0.25, -0.2) is 0 Å². The second kappa shape index (κ2) is 5.62. The van der Waals surface area contributed by atoms with E-state index in [0.29, 0.717) is 16.5 Å². The fraction of sp³-hybridized carbons (Fsp3) is 0.571. The quantitative estimate of drug-likeness (QED) is 0.924. The van der Waals surface area contributed by atoms with Crippen LogP contribution in [0.1, 0.15) is 42.3 Å². The fourth-order valence-corrected chi connectivity index (χ4v) is 3.09. The van der Waals surface area contributed by atoms with Crippen molar-refractivity contribution in [2.24, 2.45) is 5.92 Å². The molecule has 5 heteroatoms. The minimum atomic E-state index is -0.694. The number of methoxy groups -OCH3 is 1. The van der Waals surface area contributed by atoms with Gasteiger partial charge in [-0.15, -0.1) is 11.3 Å². The molecule has 2 rings (SSSR count). The van der Waals surface area contributed by atoms with E-state index in [9.17, 15) is 10.1 Å². The van der Waals surface area contributed by atoms with Gasteiger partial charge >= 0.3 is 0 Å². The summed E-state index contributed by atoms with van der Waals surface area (Å²) in [4.78, 5) is 12.8. The number of ether oxygens (including phenoxy) is 1. The number of hydrogen-bond acceptors (Lipinski definition) is 4. The van der Waals surface area contributed by atoms with Crippen LogP contribution in [0.25, 0.3) is 0 Å². The van der Waals surface area contributed by atoms with E-state index in [1.165, 1.54) is 11.3 Å². The summed E-state index contributed by atoms with van der Waals surface area (Å²) in [6, 6.07) is 4.01. The van der Waals surface area contributed by atoms with Gasteiger partial charge in [-0.2, -0.15) is 5.26 Å². The van der Waals surface area contributed by atoms with Crippen molar-refractivity contribution in [2.45, 2.75) is 38.1 Å². The van der Waals surface area contributed by atoms with E-state index < -0.39 is 5.54 Å². The van der Waals surface area contributed by atoms with Crippen molar-refractivity contribution < 1.29 is 9.53 Å². The van der Waals surface area contributed by atoms with Crippen molar-refractivity contribution in [3.8, 4) is 11.8 Å². The molecule has 1 N–H and O–H groups in total. The van der Waals surface area contributed by atoms with Crippen molar-refractivity contribution in [1.82, 2.24) is 5.32 Å². The highest BCUT2D eigenvalue weighted by atomic mass is 32.1. The third-order valence-corrected chi connectivity index (χ3v) is 4.64. The summed E-state index contributed by atoms with van der Waals surface area (Å²) in [5.74, 6) is 1.14. The molecular weight excluding hydrogens is 260 g/mol. The van der Waals surface area contributed by atoms with Crippen LogP contribution in [0, 0.1) is 17.2 Å². The topological polar surface area (TPSA) is 62.1 Å². The summed E-state index contributed by atoms with van der Waals surface area (Å²) >= 11 is 1.33. The van der Waals surface area contributed by atoms with Gasteiger partial charge in [0.2, 0.25) is 0 Å². The average Bonchev–Trinajstić information content (AvgIpc) is 2.91. The van der Waals surface area contributed by atoms with E-state index in [1.54, 1.807) is 18.6 Å². The number of thiophene rings is 1. The molecule has 1 amide bonds. The Morgan fingerprint density at radius 3 is 2.79 bits per heavy atom. The lowest BCUT2D eigenvalue weighted by molar-refractivity contribution is 0.0898. The molecule has 1 aliphatic carbocycles. The maximum Gasteiger partial charge on any atom is 0.262 e. The SMILES string of the molecule is COc1csc(C(=O)NC2(C#N)CCC(C)CC2)c1. The van der Waals surface area contributed by atoms with Gasteiger partial charge in [-0.1, -0.05) is 6.92 Å². The number of rotatable bonds is 3. The second-order valence-corrected chi connectivity index (χ2v) is 6.09. The zero-order valence-electron chi connectivity index (χ0n) is 11.2. The highest BCUT2D eigenvalue weighted by molar-refractivity contribution is 7.12. The first-order valence-corrected chi connectivity index (χ1v) is 7.33. The number of carbonyl (C=O) groups is 1. The zero-order chi connectivity index (χ0) is 13.9. The molecule has 1 aromatic heterocycles. The van der Waals surface area contributed by atoms with Gasteiger partial charge in [0.1, 0.15) is 11.3 Å². The third-order valence-electron chi connectivity index (χ3n) is 3.73. The largest absolute Gasteiger partial charge is 0.496 e. The molecule has 0 unspecified atom stereocenters. The molecule has 0 radical (unpaired) electrons. The Labute approximate surface area is 117 Å². The van der Waals surface area contributed by atoms with E-state index in [0.717, 1.165) is 25.7 Å². The van der Waals surface area contributed by atoms with Crippen LogP contribution in [-0.2, 0) is 0 Å². The van der Waals surface area contributed by atoms with Crippen LogP contribution in [0.3, 0.4) is 0 Å². The predicted octanol–water partition coefficient (Wildman–Crippen LogP) is 2.96. The van der Waals surface area contributed by atoms with E-state index >= 15 is 0 Å². The Kier molecular flexibility index (Phi) is 4.11. The Balaban J connectivity index is 2.06. The molecule has 19 heavy (non-hydrogen) atoms. The molecule has 4 nitrogen and oxygen atoms in total. The van der Waals surface area contributed by atoms with Crippen molar-refractivity contribution in [1.29, 1.82) is 5.26 Å². The maximum absolute atomic E-state index is 12.2.